The molecule has 0 unspecified atom stereocenters. The first-order chi connectivity index (χ1) is 8.27. The van der Waals surface area contributed by atoms with Crippen LogP contribution in [0.15, 0.2) is 41.1 Å². The normalized spacial score (nSPS) is 10.4. The Balaban J connectivity index is 1.97. The van der Waals surface area contributed by atoms with Gasteiger partial charge in [0, 0.05) is 11.8 Å². The van der Waals surface area contributed by atoms with Crippen LogP contribution in [0.25, 0.3) is 0 Å². The van der Waals surface area contributed by atoms with Crippen molar-refractivity contribution < 1.29 is 19.1 Å². The third-order valence-corrected chi connectivity index (χ3v) is 2.18. The molecule has 0 saturated heterocycles. The molecule has 2 rings (SSSR count). The molecule has 0 aliphatic rings. The number of furan rings is 1. The number of nitrogens with zero attached hydrogens (tertiary/aromatic N) is 1. The molecule has 0 spiro atoms. The summed E-state index contributed by atoms with van der Waals surface area (Å²) < 4.78 is 10.5. The molecule has 0 fully saturated rings. The van der Waals surface area contributed by atoms with Gasteiger partial charge >= 0.3 is 5.97 Å². The molecule has 0 atom stereocenters. The van der Waals surface area contributed by atoms with Crippen LogP contribution in [0.2, 0.25) is 0 Å². The first kappa shape index (κ1) is 11.3. The third-order valence-electron chi connectivity index (χ3n) is 2.18. The summed E-state index contributed by atoms with van der Waals surface area (Å²) in [5.41, 5.74) is 0.568. The van der Waals surface area contributed by atoms with Gasteiger partial charge in [-0.1, -0.05) is 6.07 Å². The predicted octanol–water partition coefficient (Wildman–Crippen LogP) is 2.09. The summed E-state index contributed by atoms with van der Waals surface area (Å²) in [7, 11) is 0. The van der Waals surface area contributed by atoms with E-state index in [1.807, 2.05) is 0 Å². The van der Waals surface area contributed by atoms with Crippen LogP contribution in [-0.4, -0.2) is 16.1 Å². The van der Waals surface area contributed by atoms with Crippen LogP contribution in [-0.2, 0) is 18.0 Å². The van der Waals surface area contributed by atoms with Gasteiger partial charge in [0.25, 0.3) is 0 Å². The van der Waals surface area contributed by atoms with Crippen molar-refractivity contribution in [1.29, 1.82) is 0 Å². The predicted molar refractivity (Wildman–Crippen MR) is 58.4 cm³/mol. The summed E-state index contributed by atoms with van der Waals surface area (Å²) in [5.74, 6) is -0.354. The maximum atomic E-state index is 10.9. The Hall–Kier alpha value is -2.14. The van der Waals surface area contributed by atoms with Crippen LogP contribution >= 0.6 is 0 Å². The first-order valence-corrected chi connectivity index (χ1v) is 5.04. The SMILES string of the molecule is O=C(O)c1ncccc1COCc1ccco1. The zero-order valence-corrected chi connectivity index (χ0v) is 9.00. The van der Waals surface area contributed by atoms with Crippen LogP contribution < -0.4 is 0 Å². The molecule has 0 amide bonds. The van der Waals surface area contributed by atoms with E-state index in [0.29, 0.717) is 17.9 Å². The lowest BCUT2D eigenvalue weighted by Crippen LogP contribution is -2.06. The molecule has 2 aromatic heterocycles. The highest BCUT2D eigenvalue weighted by Gasteiger charge is 2.10. The number of carboxylic acid groups (broad SMARTS) is 1. The zero-order valence-electron chi connectivity index (χ0n) is 9.00. The van der Waals surface area contributed by atoms with Gasteiger partial charge in [0.15, 0.2) is 5.69 Å². The van der Waals surface area contributed by atoms with Gasteiger partial charge in [-0.05, 0) is 18.2 Å². The molecular formula is C12H11NO4. The molecule has 0 aliphatic carbocycles. The van der Waals surface area contributed by atoms with Crippen molar-refractivity contribution in [3.63, 3.8) is 0 Å². The maximum absolute atomic E-state index is 10.9. The quantitative estimate of drug-likeness (QED) is 0.856. The summed E-state index contributed by atoms with van der Waals surface area (Å²) in [6.07, 6.45) is 3.00. The summed E-state index contributed by atoms with van der Waals surface area (Å²) in [6, 6.07) is 6.92. The van der Waals surface area contributed by atoms with Gasteiger partial charge in [-0.3, -0.25) is 0 Å². The Kier molecular flexibility index (Phi) is 3.52. The van der Waals surface area contributed by atoms with E-state index < -0.39 is 5.97 Å². The van der Waals surface area contributed by atoms with Gasteiger partial charge in [-0.25, -0.2) is 9.78 Å². The Morgan fingerprint density at radius 3 is 2.94 bits per heavy atom. The second-order valence-corrected chi connectivity index (χ2v) is 3.39. The molecule has 0 bridgehead atoms. The molecule has 0 radical (unpaired) electrons. The number of carboxylic acids is 1. The van der Waals surface area contributed by atoms with Crippen molar-refractivity contribution in [2.45, 2.75) is 13.2 Å². The van der Waals surface area contributed by atoms with Crippen LogP contribution in [0.5, 0.6) is 0 Å². The number of pyridine rings is 1. The molecule has 2 aromatic rings. The van der Waals surface area contributed by atoms with Crippen molar-refractivity contribution in [2.24, 2.45) is 0 Å². The van der Waals surface area contributed by atoms with Gasteiger partial charge in [-0.15, -0.1) is 0 Å². The minimum Gasteiger partial charge on any atom is -0.477 e. The van der Waals surface area contributed by atoms with Crippen molar-refractivity contribution >= 4 is 5.97 Å². The molecule has 5 heteroatoms. The largest absolute Gasteiger partial charge is 0.477 e. The Labute approximate surface area is 97.7 Å². The lowest BCUT2D eigenvalue weighted by atomic mass is 10.2. The fraction of sp³-hybridized carbons (Fsp3) is 0.167. The number of rotatable bonds is 5. The highest BCUT2D eigenvalue weighted by molar-refractivity contribution is 5.86. The van der Waals surface area contributed by atoms with Crippen molar-refractivity contribution in [3.8, 4) is 0 Å². The summed E-state index contributed by atoms with van der Waals surface area (Å²) >= 11 is 0. The summed E-state index contributed by atoms with van der Waals surface area (Å²) in [5, 5.41) is 8.91. The monoisotopic (exact) mass is 233 g/mol. The third kappa shape index (κ3) is 2.92. The molecule has 5 nitrogen and oxygen atoms in total. The number of hydrogen-bond acceptors (Lipinski definition) is 4. The lowest BCUT2D eigenvalue weighted by Gasteiger charge is -2.05. The molecule has 1 N–H and O–H groups in total. The van der Waals surface area contributed by atoms with E-state index in [1.54, 1.807) is 30.5 Å². The van der Waals surface area contributed by atoms with Crippen LogP contribution in [0, 0.1) is 0 Å². The molecular weight excluding hydrogens is 222 g/mol. The standard InChI is InChI=1S/C12H11NO4/c14-12(15)11-9(3-1-5-13-11)7-16-8-10-4-2-6-17-10/h1-6H,7-8H2,(H,14,15). The zero-order chi connectivity index (χ0) is 12.1. The maximum Gasteiger partial charge on any atom is 0.354 e. The number of aromatic nitrogens is 1. The molecule has 2 heterocycles. The minimum absolute atomic E-state index is 0.0203. The topological polar surface area (TPSA) is 72.6 Å². The van der Waals surface area contributed by atoms with E-state index in [4.69, 9.17) is 14.3 Å². The molecule has 17 heavy (non-hydrogen) atoms. The van der Waals surface area contributed by atoms with Crippen molar-refractivity contribution in [3.05, 3.63) is 53.7 Å². The van der Waals surface area contributed by atoms with E-state index in [0.717, 1.165) is 0 Å². The number of carbonyl (C=O) groups is 1. The minimum atomic E-state index is -1.05. The highest BCUT2D eigenvalue weighted by atomic mass is 16.5. The van der Waals surface area contributed by atoms with Crippen molar-refractivity contribution in [2.75, 3.05) is 0 Å². The average molecular weight is 233 g/mol. The van der Waals surface area contributed by atoms with Gasteiger partial charge in [0.1, 0.15) is 12.4 Å². The van der Waals surface area contributed by atoms with Crippen LogP contribution in [0.4, 0.5) is 0 Å². The Bertz CT molecular complexity index is 493. The van der Waals surface area contributed by atoms with Gasteiger partial charge in [-0.2, -0.15) is 0 Å². The van der Waals surface area contributed by atoms with E-state index in [1.165, 1.54) is 6.20 Å². The second-order valence-electron chi connectivity index (χ2n) is 3.39. The molecule has 88 valence electrons. The van der Waals surface area contributed by atoms with Gasteiger partial charge in [0.05, 0.1) is 12.9 Å². The smallest absolute Gasteiger partial charge is 0.354 e. The number of aromatic carboxylic acids is 1. The van der Waals surface area contributed by atoms with Crippen LogP contribution in [0.3, 0.4) is 0 Å². The van der Waals surface area contributed by atoms with E-state index in [9.17, 15) is 4.79 Å². The average Bonchev–Trinajstić information content (AvgIpc) is 2.82. The molecule has 0 aliphatic heterocycles. The summed E-state index contributed by atoms with van der Waals surface area (Å²) in [6.45, 7) is 0.497. The Morgan fingerprint density at radius 1 is 1.35 bits per heavy atom. The van der Waals surface area contributed by atoms with Crippen molar-refractivity contribution in [1.82, 2.24) is 4.98 Å². The number of ether oxygens (including phenoxy) is 1. The summed E-state index contributed by atoms with van der Waals surface area (Å²) in [4.78, 5) is 14.7. The van der Waals surface area contributed by atoms with E-state index >= 15 is 0 Å². The lowest BCUT2D eigenvalue weighted by molar-refractivity contribution is 0.0671. The fourth-order valence-corrected chi connectivity index (χ4v) is 1.40. The first-order valence-electron chi connectivity index (χ1n) is 5.04. The highest BCUT2D eigenvalue weighted by Crippen LogP contribution is 2.09. The fourth-order valence-electron chi connectivity index (χ4n) is 1.40. The van der Waals surface area contributed by atoms with Crippen LogP contribution in [0.1, 0.15) is 21.8 Å². The van der Waals surface area contributed by atoms with Gasteiger partial charge in [0.2, 0.25) is 0 Å². The van der Waals surface area contributed by atoms with Gasteiger partial charge < -0.3 is 14.3 Å². The molecule has 0 saturated carbocycles. The number of hydrogen-bond donors (Lipinski definition) is 1. The molecule has 0 aromatic carbocycles. The second kappa shape index (κ2) is 5.27. The van der Waals surface area contributed by atoms with E-state index in [2.05, 4.69) is 4.98 Å². The van der Waals surface area contributed by atoms with E-state index in [-0.39, 0.29) is 12.3 Å². The Morgan fingerprint density at radius 2 is 2.24 bits per heavy atom.